The molecule has 7 heteroatoms. The Hall–Kier alpha value is -1.60. The molecule has 0 aromatic heterocycles. The van der Waals surface area contributed by atoms with Crippen molar-refractivity contribution < 1.29 is 17.9 Å². The molecule has 0 atom stereocenters. The summed E-state index contributed by atoms with van der Waals surface area (Å²) in [5.74, 6) is 5.08. The van der Waals surface area contributed by atoms with Crippen LogP contribution in [0.3, 0.4) is 0 Å². The minimum Gasteiger partial charge on any atom is -0.493 e. The second-order valence-corrected chi connectivity index (χ2v) is 5.43. The lowest BCUT2D eigenvalue weighted by Gasteiger charge is -2.06. The lowest BCUT2D eigenvalue weighted by molar-refractivity contribution is -0.121. The highest BCUT2D eigenvalue weighted by atomic mass is 32.2. The van der Waals surface area contributed by atoms with E-state index in [4.69, 9.17) is 10.6 Å². The van der Waals surface area contributed by atoms with Gasteiger partial charge in [0.15, 0.2) is 9.84 Å². The topological polar surface area (TPSA) is 98.5 Å². The standard InChI is InChI=1S/C10H14N2O4S/c1-17(14,15)9-4-2-8(3-5-9)16-7-6-10(13)12-11/h2-5H,6-7,11H2,1H3,(H,12,13). The largest absolute Gasteiger partial charge is 0.493 e. The Labute approximate surface area is 99.7 Å². The molecule has 0 unspecified atom stereocenters. The Morgan fingerprint density at radius 2 is 1.94 bits per heavy atom. The molecule has 1 aromatic rings. The fourth-order valence-corrected chi connectivity index (χ4v) is 1.75. The van der Waals surface area contributed by atoms with Crippen LogP contribution in [0.1, 0.15) is 6.42 Å². The third-order valence-electron chi connectivity index (χ3n) is 2.01. The summed E-state index contributed by atoms with van der Waals surface area (Å²) in [5.41, 5.74) is 1.98. The summed E-state index contributed by atoms with van der Waals surface area (Å²) in [6.07, 6.45) is 1.28. The predicted molar refractivity (Wildman–Crippen MR) is 62.0 cm³/mol. The van der Waals surface area contributed by atoms with E-state index in [0.717, 1.165) is 6.26 Å². The van der Waals surface area contributed by atoms with E-state index < -0.39 is 9.84 Å². The van der Waals surface area contributed by atoms with Gasteiger partial charge >= 0.3 is 0 Å². The first-order valence-electron chi connectivity index (χ1n) is 4.86. The van der Waals surface area contributed by atoms with E-state index in [1.54, 1.807) is 0 Å². The summed E-state index contributed by atoms with van der Waals surface area (Å²) in [7, 11) is -3.19. The van der Waals surface area contributed by atoms with E-state index in [0.29, 0.717) is 5.75 Å². The van der Waals surface area contributed by atoms with Crippen molar-refractivity contribution in [3.05, 3.63) is 24.3 Å². The van der Waals surface area contributed by atoms with Crippen molar-refractivity contribution in [3.8, 4) is 5.75 Å². The molecule has 3 N–H and O–H groups in total. The minimum absolute atomic E-state index is 0.143. The number of ether oxygens (including phenoxy) is 1. The van der Waals surface area contributed by atoms with Gasteiger partial charge in [-0.3, -0.25) is 10.2 Å². The van der Waals surface area contributed by atoms with E-state index in [1.165, 1.54) is 24.3 Å². The van der Waals surface area contributed by atoms with E-state index >= 15 is 0 Å². The average molecular weight is 258 g/mol. The number of amides is 1. The van der Waals surface area contributed by atoms with Crippen LogP contribution >= 0.6 is 0 Å². The molecule has 0 aliphatic carbocycles. The van der Waals surface area contributed by atoms with Crippen molar-refractivity contribution in [2.24, 2.45) is 5.84 Å². The molecule has 0 bridgehead atoms. The Morgan fingerprint density at radius 1 is 1.35 bits per heavy atom. The van der Waals surface area contributed by atoms with Gasteiger partial charge in [0.1, 0.15) is 5.75 Å². The molecule has 1 rings (SSSR count). The number of sulfone groups is 1. The number of nitrogens with two attached hydrogens (primary N) is 1. The molecule has 0 saturated carbocycles. The lowest BCUT2D eigenvalue weighted by Crippen LogP contribution is -2.31. The van der Waals surface area contributed by atoms with Crippen molar-refractivity contribution >= 4 is 15.7 Å². The molecular weight excluding hydrogens is 244 g/mol. The van der Waals surface area contributed by atoms with Crippen LogP contribution in [0.2, 0.25) is 0 Å². The molecule has 0 aliphatic rings. The van der Waals surface area contributed by atoms with Crippen LogP contribution in [0.5, 0.6) is 5.75 Å². The monoisotopic (exact) mass is 258 g/mol. The number of nitrogens with one attached hydrogen (secondary N) is 1. The summed E-state index contributed by atoms with van der Waals surface area (Å²) in [6, 6.07) is 5.98. The Kier molecular flexibility index (Phi) is 4.47. The number of carbonyl (C=O) groups is 1. The molecule has 1 aromatic carbocycles. The van der Waals surface area contributed by atoms with Crippen LogP contribution in [-0.4, -0.2) is 27.2 Å². The minimum atomic E-state index is -3.19. The van der Waals surface area contributed by atoms with E-state index in [-0.39, 0.29) is 23.8 Å². The van der Waals surface area contributed by atoms with Crippen molar-refractivity contribution in [1.82, 2.24) is 5.43 Å². The van der Waals surface area contributed by atoms with Gasteiger partial charge in [0.2, 0.25) is 5.91 Å². The molecule has 0 heterocycles. The highest BCUT2D eigenvalue weighted by Gasteiger charge is 2.06. The van der Waals surface area contributed by atoms with Crippen LogP contribution in [0, 0.1) is 0 Å². The summed E-state index contributed by atoms with van der Waals surface area (Å²) in [5, 5.41) is 0. The Balaban J connectivity index is 2.55. The van der Waals surface area contributed by atoms with E-state index in [9.17, 15) is 13.2 Å². The maximum absolute atomic E-state index is 11.2. The number of hydrogen-bond acceptors (Lipinski definition) is 5. The zero-order valence-corrected chi connectivity index (χ0v) is 10.2. The van der Waals surface area contributed by atoms with Gasteiger partial charge in [-0.05, 0) is 24.3 Å². The van der Waals surface area contributed by atoms with Gasteiger partial charge in [0, 0.05) is 6.26 Å². The smallest absolute Gasteiger partial charge is 0.237 e. The third kappa shape index (κ3) is 4.41. The average Bonchev–Trinajstić information content (AvgIpc) is 2.28. The number of benzene rings is 1. The highest BCUT2D eigenvalue weighted by Crippen LogP contribution is 2.15. The molecule has 0 fully saturated rings. The van der Waals surface area contributed by atoms with Crippen molar-refractivity contribution in [2.45, 2.75) is 11.3 Å². The van der Waals surface area contributed by atoms with Gasteiger partial charge in [0.05, 0.1) is 17.9 Å². The SMILES string of the molecule is CS(=O)(=O)c1ccc(OCCC(=O)NN)cc1. The zero-order valence-electron chi connectivity index (χ0n) is 9.34. The third-order valence-corrected chi connectivity index (χ3v) is 3.14. The molecule has 6 nitrogen and oxygen atoms in total. The molecule has 94 valence electrons. The van der Waals surface area contributed by atoms with Gasteiger partial charge in [-0.2, -0.15) is 0 Å². The number of hydrogen-bond donors (Lipinski definition) is 2. The van der Waals surface area contributed by atoms with Crippen molar-refractivity contribution in [3.63, 3.8) is 0 Å². The summed E-state index contributed by atoms with van der Waals surface area (Å²) in [6.45, 7) is 0.182. The Morgan fingerprint density at radius 3 is 2.41 bits per heavy atom. The van der Waals surface area contributed by atoms with Crippen LogP contribution < -0.4 is 16.0 Å². The normalized spacial score (nSPS) is 10.9. The lowest BCUT2D eigenvalue weighted by atomic mass is 10.3. The number of rotatable bonds is 5. The van der Waals surface area contributed by atoms with Gasteiger partial charge < -0.3 is 4.74 Å². The number of carbonyl (C=O) groups excluding carboxylic acids is 1. The molecule has 0 saturated heterocycles. The molecule has 0 radical (unpaired) electrons. The fraction of sp³-hybridized carbons (Fsp3) is 0.300. The molecule has 1 amide bonds. The fourth-order valence-electron chi connectivity index (χ4n) is 1.12. The maximum Gasteiger partial charge on any atom is 0.237 e. The first-order valence-corrected chi connectivity index (χ1v) is 6.75. The quantitative estimate of drug-likeness (QED) is 0.435. The Bertz CT molecular complexity index is 482. The van der Waals surface area contributed by atoms with Crippen LogP contribution in [0.25, 0.3) is 0 Å². The second kappa shape index (κ2) is 5.65. The summed E-state index contributed by atoms with van der Waals surface area (Å²) in [4.78, 5) is 11.0. The van der Waals surface area contributed by atoms with E-state index in [1.807, 2.05) is 5.43 Å². The van der Waals surface area contributed by atoms with Crippen LogP contribution in [0.15, 0.2) is 29.2 Å². The molecular formula is C10H14N2O4S. The number of hydrazine groups is 1. The van der Waals surface area contributed by atoms with Gasteiger partial charge in [-0.25, -0.2) is 14.3 Å². The van der Waals surface area contributed by atoms with Crippen LogP contribution in [-0.2, 0) is 14.6 Å². The van der Waals surface area contributed by atoms with Gasteiger partial charge in [-0.1, -0.05) is 0 Å². The van der Waals surface area contributed by atoms with Gasteiger partial charge in [-0.15, -0.1) is 0 Å². The predicted octanol–water partition coefficient (Wildman–Crippen LogP) is -0.151. The first kappa shape index (κ1) is 13.5. The molecule has 0 aliphatic heterocycles. The summed E-state index contributed by atoms with van der Waals surface area (Å²) < 4.78 is 27.6. The van der Waals surface area contributed by atoms with Crippen molar-refractivity contribution in [2.75, 3.05) is 12.9 Å². The molecule has 0 spiro atoms. The first-order chi connectivity index (χ1) is 7.93. The summed E-state index contributed by atoms with van der Waals surface area (Å²) >= 11 is 0. The second-order valence-electron chi connectivity index (χ2n) is 3.41. The van der Waals surface area contributed by atoms with Crippen LogP contribution in [0.4, 0.5) is 0 Å². The molecule has 17 heavy (non-hydrogen) atoms. The van der Waals surface area contributed by atoms with E-state index in [2.05, 4.69) is 0 Å². The highest BCUT2D eigenvalue weighted by molar-refractivity contribution is 7.90. The zero-order chi connectivity index (χ0) is 12.9. The van der Waals surface area contributed by atoms with Gasteiger partial charge in [0.25, 0.3) is 0 Å². The maximum atomic E-state index is 11.2. The van der Waals surface area contributed by atoms with Crippen molar-refractivity contribution in [1.29, 1.82) is 0 Å².